The minimum Gasteiger partial charge on any atom is -0.297 e. The number of hydrogen-bond donors (Lipinski definition) is 1. The smallest absolute Gasteiger partial charge is 0.189 e. The van der Waals surface area contributed by atoms with Crippen LogP contribution in [0.5, 0.6) is 0 Å². The molecule has 0 bridgehead atoms. The molecule has 1 saturated carbocycles. The van der Waals surface area contributed by atoms with Gasteiger partial charge in [0, 0.05) is 17.5 Å². The van der Waals surface area contributed by atoms with E-state index in [1.807, 2.05) is 36.4 Å². The Morgan fingerprint density at radius 2 is 1.55 bits per heavy atom. The third-order valence-corrected chi connectivity index (χ3v) is 9.64. The van der Waals surface area contributed by atoms with Crippen molar-refractivity contribution in [2.24, 2.45) is 11.3 Å². The van der Waals surface area contributed by atoms with Crippen molar-refractivity contribution in [2.45, 2.75) is 57.0 Å². The highest BCUT2D eigenvalue weighted by Crippen LogP contribution is 2.66. The molecule has 1 aliphatic heterocycles. The minimum absolute atomic E-state index is 0.0176. The maximum atomic E-state index is 15.3. The van der Waals surface area contributed by atoms with E-state index in [1.165, 1.54) is 0 Å². The zero-order valence-electron chi connectivity index (χ0n) is 23.2. The summed E-state index contributed by atoms with van der Waals surface area (Å²) in [6.45, 7) is 4.47. The van der Waals surface area contributed by atoms with Gasteiger partial charge < -0.3 is 0 Å². The molecule has 4 atom stereocenters. The molecule has 2 fully saturated rings. The molecule has 4 aromatic rings. The van der Waals surface area contributed by atoms with Gasteiger partial charge in [-0.2, -0.15) is 0 Å². The van der Waals surface area contributed by atoms with Crippen molar-refractivity contribution in [1.82, 2.24) is 5.32 Å². The third kappa shape index (κ3) is 3.40. The van der Waals surface area contributed by atoms with Crippen LogP contribution in [0.15, 0.2) is 103 Å². The van der Waals surface area contributed by atoms with Crippen LogP contribution in [-0.4, -0.2) is 17.6 Å². The highest BCUT2D eigenvalue weighted by Gasteiger charge is 2.73. The van der Waals surface area contributed by atoms with Gasteiger partial charge in [-0.15, -0.1) is 0 Å². The maximum absolute atomic E-state index is 15.3. The number of rotatable bonds is 4. The van der Waals surface area contributed by atoms with Crippen molar-refractivity contribution in [3.05, 3.63) is 125 Å². The molecule has 3 aliphatic rings. The molecule has 4 aromatic carbocycles. The molecule has 1 N–H and O–H groups in total. The molecule has 0 amide bonds. The van der Waals surface area contributed by atoms with Crippen LogP contribution in [0.1, 0.15) is 72.5 Å². The third-order valence-electron chi connectivity index (χ3n) is 9.64. The van der Waals surface area contributed by atoms with E-state index in [-0.39, 0.29) is 23.5 Å². The molecule has 40 heavy (non-hydrogen) atoms. The number of carbonyl (C=O) groups excluding carboxylic acids is 2. The van der Waals surface area contributed by atoms with Gasteiger partial charge in [-0.25, -0.2) is 0 Å². The zero-order chi connectivity index (χ0) is 27.5. The molecule has 1 unspecified atom stereocenters. The van der Waals surface area contributed by atoms with Gasteiger partial charge in [-0.05, 0) is 70.7 Å². The summed E-state index contributed by atoms with van der Waals surface area (Å²) in [6.07, 6.45) is 5.23. The highest BCUT2D eigenvalue weighted by molar-refractivity contribution is 6.24. The first-order valence-corrected chi connectivity index (χ1v) is 14.7. The van der Waals surface area contributed by atoms with Gasteiger partial charge in [0.05, 0.1) is 5.41 Å². The van der Waals surface area contributed by atoms with Crippen molar-refractivity contribution >= 4 is 28.4 Å². The van der Waals surface area contributed by atoms with Crippen molar-refractivity contribution in [3.63, 3.8) is 0 Å². The summed E-state index contributed by atoms with van der Waals surface area (Å²) in [5.41, 5.74) is 2.68. The molecule has 0 aromatic heterocycles. The van der Waals surface area contributed by atoms with Gasteiger partial charge >= 0.3 is 0 Å². The highest BCUT2D eigenvalue weighted by atomic mass is 16.1. The van der Waals surface area contributed by atoms with Crippen molar-refractivity contribution in [1.29, 1.82) is 0 Å². The minimum atomic E-state index is -1.11. The van der Waals surface area contributed by atoms with E-state index >= 15 is 4.79 Å². The lowest BCUT2D eigenvalue weighted by Crippen LogP contribution is -2.59. The normalized spacial score (nSPS) is 28.5. The molecule has 3 heteroatoms. The Bertz CT molecular complexity index is 1650. The molecule has 2 spiro atoms. The molecule has 2 aliphatic carbocycles. The van der Waals surface area contributed by atoms with E-state index in [0.717, 1.165) is 57.9 Å². The van der Waals surface area contributed by atoms with Gasteiger partial charge in [0.25, 0.3) is 0 Å². The number of allylic oxidation sites excluding steroid dienone is 1. The lowest BCUT2D eigenvalue weighted by atomic mass is 9.52. The Morgan fingerprint density at radius 1 is 0.850 bits per heavy atom. The van der Waals surface area contributed by atoms with Crippen LogP contribution >= 0.6 is 0 Å². The number of benzene rings is 4. The summed E-state index contributed by atoms with van der Waals surface area (Å²) in [6, 6.07) is 32.9. The first-order valence-electron chi connectivity index (χ1n) is 14.7. The fraction of sp³-hybridized carbons (Fsp3) is 0.297. The summed E-state index contributed by atoms with van der Waals surface area (Å²) in [5.74, 6) is 0.467. The SMILES string of the molecule is CC(C)CC1N[C@@]2(C(=O)c3cccc4cccc2c34)[C@@]2(CCC/C(=C\c3ccccc3)C2=O)[C@H]1c1ccccc1. The van der Waals surface area contributed by atoms with E-state index in [1.54, 1.807) is 0 Å². The van der Waals surface area contributed by atoms with Crippen molar-refractivity contribution in [3.8, 4) is 0 Å². The fourth-order valence-corrected chi connectivity index (χ4v) is 8.31. The van der Waals surface area contributed by atoms with E-state index in [9.17, 15) is 4.79 Å². The first kappa shape index (κ1) is 25.2. The van der Waals surface area contributed by atoms with E-state index in [0.29, 0.717) is 12.3 Å². The van der Waals surface area contributed by atoms with Crippen LogP contribution in [0, 0.1) is 11.3 Å². The van der Waals surface area contributed by atoms with Gasteiger partial charge in [0.2, 0.25) is 0 Å². The van der Waals surface area contributed by atoms with Gasteiger partial charge in [0.1, 0.15) is 5.54 Å². The van der Waals surface area contributed by atoms with E-state index < -0.39 is 11.0 Å². The Kier molecular flexibility index (Phi) is 5.90. The maximum Gasteiger partial charge on any atom is 0.189 e. The second-order valence-electron chi connectivity index (χ2n) is 12.3. The second kappa shape index (κ2) is 9.38. The average Bonchev–Trinajstić information content (AvgIpc) is 3.38. The molecule has 1 heterocycles. The number of carbonyl (C=O) groups is 2. The monoisotopic (exact) mass is 525 g/mol. The molecule has 3 nitrogen and oxygen atoms in total. The quantitative estimate of drug-likeness (QED) is 0.276. The Balaban J connectivity index is 1.54. The van der Waals surface area contributed by atoms with Gasteiger partial charge in [-0.1, -0.05) is 111 Å². The van der Waals surface area contributed by atoms with Crippen LogP contribution in [0.2, 0.25) is 0 Å². The number of nitrogens with one attached hydrogen (secondary N) is 1. The zero-order valence-corrected chi connectivity index (χ0v) is 23.2. The van der Waals surface area contributed by atoms with Crippen LogP contribution in [0.4, 0.5) is 0 Å². The topological polar surface area (TPSA) is 46.2 Å². The fourth-order valence-electron chi connectivity index (χ4n) is 8.31. The van der Waals surface area contributed by atoms with Crippen molar-refractivity contribution < 1.29 is 9.59 Å². The van der Waals surface area contributed by atoms with Gasteiger partial charge in [-0.3, -0.25) is 14.9 Å². The Labute approximate surface area is 236 Å². The van der Waals surface area contributed by atoms with Crippen LogP contribution in [0.25, 0.3) is 16.8 Å². The van der Waals surface area contributed by atoms with E-state index in [4.69, 9.17) is 0 Å². The average molecular weight is 526 g/mol. The number of ketones is 2. The molecular formula is C37H35NO2. The lowest BCUT2D eigenvalue weighted by Gasteiger charge is -2.47. The first-order chi connectivity index (χ1) is 19.5. The molecule has 0 radical (unpaired) electrons. The predicted octanol–water partition coefficient (Wildman–Crippen LogP) is 7.86. The predicted molar refractivity (Wildman–Crippen MR) is 161 cm³/mol. The standard InChI is InChI=1S/C37H35NO2/c1-24(2)22-31-33(27-14-7-4-8-15-27)36(21-11-18-28(34(36)39)23-25-12-5-3-6-13-25)37(38-31)30-20-10-17-26-16-9-19-29(32(26)30)35(37)40/h3-10,12-17,19-20,23-24,31,33,38H,11,18,21-22H2,1-2H3/b28-23+/t31?,33-,36-,37-/m0/s1. The van der Waals surface area contributed by atoms with Crippen LogP contribution < -0.4 is 5.32 Å². The van der Waals surface area contributed by atoms with Crippen LogP contribution in [-0.2, 0) is 10.3 Å². The second-order valence-corrected chi connectivity index (χ2v) is 12.3. The molecule has 7 rings (SSSR count). The summed E-state index contributed by atoms with van der Waals surface area (Å²) < 4.78 is 0. The number of Topliss-reactive ketones (excluding diaryl/α,β-unsaturated/α-hetero) is 2. The number of fused-ring (bicyclic) bond motifs is 2. The molecule has 1 saturated heterocycles. The summed E-state index contributed by atoms with van der Waals surface area (Å²) in [4.78, 5) is 30.2. The van der Waals surface area contributed by atoms with Crippen molar-refractivity contribution in [2.75, 3.05) is 0 Å². The summed E-state index contributed by atoms with van der Waals surface area (Å²) in [5, 5.41) is 6.05. The van der Waals surface area contributed by atoms with Gasteiger partial charge in [0.15, 0.2) is 11.6 Å². The summed E-state index contributed by atoms with van der Waals surface area (Å²) in [7, 11) is 0. The Morgan fingerprint density at radius 3 is 2.27 bits per heavy atom. The number of hydrogen-bond acceptors (Lipinski definition) is 3. The summed E-state index contributed by atoms with van der Waals surface area (Å²) >= 11 is 0. The Hall–Kier alpha value is -3.82. The van der Waals surface area contributed by atoms with E-state index in [2.05, 4.69) is 85.9 Å². The molecular weight excluding hydrogens is 490 g/mol. The van der Waals surface area contributed by atoms with Crippen LogP contribution in [0.3, 0.4) is 0 Å². The lowest BCUT2D eigenvalue weighted by molar-refractivity contribution is -0.130. The largest absolute Gasteiger partial charge is 0.297 e. The molecule has 200 valence electrons.